The normalized spacial score (nSPS) is 28.2. The Balaban J connectivity index is 2.40. The van der Waals surface area contributed by atoms with Crippen molar-refractivity contribution < 1.29 is 23.1 Å². The highest BCUT2D eigenvalue weighted by atomic mass is 31.2. The summed E-state index contributed by atoms with van der Waals surface area (Å²) in [6, 6.07) is -0.457. The molecule has 8 heteroatoms. The number of aliphatic imine (C=N–C) groups is 2. The van der Waals surface area contributed by atoms with Crippen molar-refractivity contribution in [3.8, 4) is 0 Å². The lowest BCUT2D eigenvalue weighted by atomic mass is 9.95. The fourth-order valence-corrected chi connectivity index (χ4v) is 6.57. The minimum Gasteiger partial charge on any atom is -0.480 e. The maximum Gasteiger partial charge on any atom is 0.334 e. The Hall–Kier alpha value is -0.910. The van der Waals surface area contributed by atoms with Crippen molar-refractivity contribution in [1.82, 2.24) is 0 Å². The first kappa shape index (κ1) is 23.4. The molecule has 0 spiro atoms. The molecule has 162 valence electrons. The molecule has 3 unspecified atom stereocenters. The maximum atomic E-state index is 13.5. The summed E-state index contributed by atoms with van der Waals surface area (Å²) in [6.45, 7) is 13.6. The van der Waals surface area contributed by atoms with Crippen LogP contribution < -0.4 is 0 Å². The topological polar surface area (TPSA) is 78.7 Å². The third kappa shape index (κ3) is 5.17. The molecule has 7 nitrogen and oxygen atoms in total. The average molecular weight is 416 g/mol. The second kappa shape index (κ2) is 10.7. The maximum absolute atomic E-state index is 13.5. The van der Waals surface area contributed by atoms with E-state index in [9.17, 15) is 4.57 Å². The van der Waals surface area contributed by atoms with Crippen LogP contribution in [-0.2, 0) is 23.1 Å². The average Bonchev–Trinajstić information content (AvgIpc) is 3.13. The van der Waals surface area contributed by atoms with Gasteiger partial charge in [0.2, 0.25) is 11.8 Å². The van der Waals surface area contributed by atoms with Gasteiger partial charge in [0.1, 0.15) is 12.1 Å². The summed E-state index contributed by atoms with van der Waals surface area (Å²) in [5.74, 6) is 1.53. The van der Waals surface area contributed by atoms with Gasteiger partial charge in [-0.25, -0.2) is 9.98 Å². The van der Waals surface area contributed by atoms with Gasteiger partial charge in [0.25, 0.3) is 0 Å². The Morgan fingerprint density at radius 3 is 2.07 bits per heavy atom. The molecule has 1 aliphatic heterocycles. The molecule has 0 radical (unpaired) electrons. The molecule has 0 saturated heterocycles. The number of hydrogen-bond acceptors (Lipinski definition) is 7. The zero-order valence-electron chi connectivity index (χ0n) is 18.2. The van der Waals surface area contributed by atoms with Gasteiger partial charge in [-0.3, -0.25) is 4.57 Å². The van der Waals surface area contributed by atoms with Crippen LogP contribution in [0.2, 0.25) is 0 Å². The fourth-order valence-electron chi connectivity index (χ4n) is 4.11. The van der Waals surface area contributed by atoms with E-state index < -0.39 is 7.60 Å². The Kier molecular flexibility index (Phi) is 8.97. The predicted molar refractivity (Wildman–Crippen MR) is 113 cm³/mol. The van der Waals surface area contributed by atoms with Gasteiger partial charge in [-0.05, 0) is 46.5 Å². The van der Waals surface area contributed by atoms with Crippen LogP contribution in [0.4, 0.5) is 0 Å². The third-order valence-electron chi connectivity index (χ3n) is 5.22. The summed E-state index contributed by atoms with van der Waals surface area (Å²) in [5.41, 5.74) is -0.203. The van der Waals surface area contributed by atoms with Crippen LogP contribution in [0.5, 0.6) is 0 Å². The molecule has 1 heterocycles. The first-order valence-electron chi connectivity index (χ1n) is 10.7. The van der Waals surface area contributed by atoms with Crippen LogP contribution in [0.15, 0.2) is 9.98 Å². The molecule has 0 amide bonds. The summed E-state index contributed by atoms with van der Waals surface area (Å²) in [6.07, 6.45) is 2.65. The molecule has 2 aliphatic rings. The molecule has 0 aromatic rings. The van der Waals surface area contributed by atoms with Crippen LogP contribution in [0.25, 0.3) is 0 Å². The van der Waals surface area contributed by atoms with E-state index in [0.29, 0.717) is 38.2 Å². The Morgan fingerprint density at radius 1 is 0.929 bits per heavy atom. The molecule has 2 rings (SSSR count). The minimum absolute atomic E-state index is 0.00204. The number of rotatable bonds is 9. The largest absolute Gasteiger partial charge is 0.480 e. The molecule has 0 N–H and O–H groups in total. The molecule has 4 atom stereocenters. The van der Waals surface area contributed by atoms with Gasteiger partial charge in [0.05, 0.1) is 32.1 Å². The molecule has 1 saturated carbocycles. The lowest BCUT2D eigenvalue weighted by Crippen LogP contribution is -2.43. The second-order valence-electron chi connectivity index (χ2n) is 7.47. The van der Waals surface area contributed by atoms with E-state index in [1.165, 1.54) is 0 Å². The van der Waals surface area contributed by atoms with Gasteiger partial charge in [-0.2, -0.15) is 0 Å². The summed E-state index contributed by atoms with van der Waals surface area (Å²) in [5, 5.41) is 0. The van der Waals surface area contributed by atoms with Crippen LogP contribution in [-0.4, -0.2) is 56.0 Å². The molecular formula is C20H37N2O5P. The first-order valence-corrected chi connectivity index (χ1v) is 12.3. The number of ether oxygens (including phenoxy) is 2. The third-order valence-corrected chi connectivity index (χ3v) is 7.91. The van der Waals surface area contributed by atoms with Crippen molar-refractivity contribution in [2.24, 2.45) is 21.8 Å². The van der Waals surface area contributed by atoms with Crippen molar-refractivity contribution in [3.05, 3.63) is 0 Å². The Morgan fingerprint density at radius 2 is 1.54 bits per heavy atom. The minimum atomic E-state index is -3.23. The molecule has 1 fully saturated rings. The van der Waals surface area contributed by atoms with E-state index in [0.717, 1.165) is 19.3 Å². The summed E-state index contributed by atoms with van der Waals surface area (Å²) in [4.78, 5) is 9.82. The van der Waals surface area contributed by atoms with Gasteiger partial charge in [-0.1, -0.05) is 20.3 Å². The first-order chi connectivity index (χ1) is 13.4. The van der Waals surface area contributed by atoms with Crippen LogP contribution in [0, 0.1) is 11.8 Å². The van der Waals surface area contributed by atoms with Crippen molar-refractivity contribution in [2.75, 3.05) is 26.4 Å². The highest BCUT2D eigenvalue weighted by Crippen LogP contribution is 2.61. The highest BCUT2D eigenvalue weighted by molar-refractivity contribution is 7.54. The van der Waals surface area contributed by atoms with Crippen molar-refractivity contribution in [2.45, 2.75) is 78.5 Å². The molecule has 0 bridgehead atoms. The van der Waals surface area contributed by atoms with E-state index in [-0.39, 0.29) is 29.6 Å². The number of nitrogens with zero attached hydrogens (tertiary/aromatic N) is 2. The van der Waals surface area contributed by atoms with Gasteiger partial charge in [-0.15, -0.1) is 0 Å². The van der Waals surface area contributed by atoms with E-state index >= 15 is 0 Å². The van der Waals surface area contributed by atoms with Crippen LogP contribution >= 0.6 is 7.60 Å². The number of hydrogen-bond donors (Lipinski definition) is 0. The Labute approximate surface area is 169 Å². The van der Waals surface area contributed by atoms with E-state index in [4.69, 9.17) is 28.5 Å². The van der Waals surface area contributed by atoms with Gasteiger partial charge in [0, 0.05) is 5.92 Å². The molecule has 0 aromatic heterocycles. The SMILES string of the molecule is CCOC1=N[C@H](C(C)C)C(OCC)=NC1C1CCCC1P(=O)(OCC)OCC. The Bertz CT molecular complexity index is 597. The summed E-state index contributed by atoms with van der Waals surface area (Å²) < 4.78 is 36.6. The van der Waals surface area contributed by atoms with Crippen molar-refractivity contribution in [1.29, 1.82) is 0 Å². The lowest BCUT2D eigenvalue weighted by molar-refractivity contribution is 0.202. The van der Waals surface area contributed by atoms with E-state index in [1.54, 1.807) is 0 Å². The standard InChI is InChI=1S/C20H37N2O5P/c1-7-24-19-17(14(5)6)21-20(25-8-2)18(22-19)15-12-11-13-16(15)28(23,26-9-3)27-10-4/h14-18H,7-13H2,1-6H3/t15?,16?,17-,18?/m1/s1. The van der Waals surface area contributed by atoms with Gasteiger partial charge in [0.15, 0.2) is 0 Å². The summed E-state index contributed by atoms with van der Waals surface area (Å²) in [7, 11) is -3.23. The van der Waals surface area contributed by atoms with Crippen molar-refractivity contribution in [3.63, 3.8) is 0 Å². The molecule has 0 aromatic carbocycles. The lowest BCUT2D eigenvalue weighted by Gasteiger charge is -2.34. The summed E-state index contributed by atoms with van der Waals surface area (Å²) >= 11 is 0. The highest BCUT2D eigenvalue weighted by Gasteiger charge is 2.49. The monoisotopic (exact) mass is 416 g/mol. The van der Waals surface area contributed by atoms with Crippen molar-refractivity contribution >= 4 is 19.4 Å². The molecule has 1 aliphatic carbocycles. The second-order valence-corrected chi connectivity index (χ2v) is 9.73. The van der Waals surface area contributed by atoms with E-state index in [1.807, 2.05) is 27.7 Å². The van der Waals surface area contributed by atoms with Gasteiger partial charge < -0.3 is 18.5 Å². The quantitative estimate of drug-likeness (QED) is 0.509. The van der Waals surface area contributed by atoms with Gasteiger partial charge >= 0.3 is 7.60 Å². The predicted octanol–water partition coefficient (Wildman–Crippen LogP) is 4.70. The zero-order valence-corrected chi connectivity index (χ0v) is 19.1. The van der Waals surface area contributed by atoms with Crippen LogP contribution in [0.3, 0.4) is 0 Å². The zero-order chi connectivity index (χ0) is 20.7. The molecular weight excluding hydrogens is 379 g/mol. The smallest absolute Gasteiger partial charge is 0.334 e. The fraction of sp³-hybridized carbons (Fsp3) is 0.900. The molecule has 28 heavy (non-hydrogen) atoms. The van der Waals surface area contributed by atoms with E-state index in [2.05, 4.69) is 13.8 Å². The van der Waals surface area contributed by atoms with Crippen LogP contribution in [0.1, 0.15) is 60.8 Å².